The third-order valence-corrected chi connectivity index (χ3v) is 5.41. The van der Waals surface area contributed by atoms with E-state index in [4.69, 9.17) is 9.78 Å². The maximum absolute atomic E-state index is 13.1. The predicted molar refractivity (Wildman–Crippen MR) is 113 cm³/mol. The summed E-state index contributed by atoms with van der Waals surface area (Å²) in [4.78, 5) is 27.3. The number of hydrogen-bond donors (Lipinski definition) is 1. The molecule has 4 rings (SSSR count). The molecule has 1 aromatic heterocycles. The van der Waals surface area contributed by atoms with Crippen LogP contribution in [0.2, 0.25) is 0 Å². The van der Waals surface area contributed by atoms with Gasteiger partial charge in [0.2, 0.25) is 0 Å². The van der Waals surface area contributed by atoms with Crippen LogP contribution < -0.4 is 5.32 Å². The van der Waals surface area contributed by atoms with E-state index in [1.54, 1.807) is 35.2 Å². The van der Waals surface area contributed by atoms with Crippen molar-refractivity contribution in [2.75, 3.05) is 6.54 Å². The Morgan fingerprint density at radius 3 is 2.65 bits per heavy atom. The molecule has 1 aliphatic rings. The highest BCUT2D eigenvalue weighted by Crippen LogP contribution is 2.32. The highest BCUT2D eigenvalue weighted by atomic mass is 16.5. The second-order valence-corrected chi connectivity index (χ2v) is 7.48. The van der Waals surface area contributed by atoms with Gasteiger partial charge in [0.1, 0.15) is 0 Å². The Balaban J connectivity index is 1.47. The molecule has 1 fully saturated rings. The summed E-state index contributed by atoms with van der Waals surface area (Å²) in [5, 5.41) is 15.7. The van der Waals surface area contributed by atoms with Crippen molar-refractivity contribution in [3.05, 3.63) is 88.8 Å². The SMILES string of the molecule is N#Cc1ccc(C(=O)N2CCCCC2c2cc(C(=O)NCc3ccccc3)no2)cc1. The van der Waals surface area contributed by atoms with E-state index >= 15 is 0 Å². The van der Waals surface area contributed by atoms with E-state index in [2.05, 4.69) is 16.5 Å². The lowest BCUT2D eigenvalue weighted by atomic mass is 9.98. The first-order valence-electron chi connectivity index (χ1n) is 10.3. The maximum Gasteiger partial charge on any atom is 0.273 e. The fourth-order valence-corrected chi connectivity index (χ4v) is 3.75. The van der Waals surface area contributed by atoms with Gasteiger partial charge in [-0.3, -0.25) is 9.59 Å². The summed E-state index contributed by atoms with van der Waals surface area (Å²) < 4.78 is 5.48. The molecule has 31 heavy (non-hydrogen) atoms. The number of nitriles is 1. The molecule has 156 valence electrons. The lowest BCUT2D eigenvalue weighted by Crippen LogP contribution is -2.38. The fraction of sp³-hybridized carbons (Fsp3) is 0.250. The van der Waals surface area contributed by atoms with Crippen LogP contribution in [0.1, 0.15) is 63.0 Å². The van der Waals surface area contributed by atoms with Crippen molar-refractivity contribution in [3.63, 3.8) is 0 Å². The number of likely N-dealkylation sites (tertiary alicyclic amines) is 1. The predicted octanol–water partition coefficient (Wildman–Crippen LogP) is 3.84. The molecule has 2 heterocycles. The Morgan fingerprint density at radius 1 is 1.13 bits per heavy atom. The van der Waals surface area contributed by atoms with Crippen molar-refractivity contribution in [1.29, 1.82) is 5.26 Å². The van der Waals surface area contributed by atoms with E-state index in [9.17, 15) is 9.59 Å². The Bertz CT molecular complexity index is 1100. The van der Waals surface area contributed by atoms with Crippen molar-refractivity contribution >= 4 is 11.8 Å². The molecule has 1 saturated heterocycles. The minimum Gasteiger partial charge on any atom is -0.358 e. The van der Waals surface area contributed by atoms with E-state index in [0.717, 1.165) is 24.8 Å². The van der Waals surface area contributed by atoms with Crippen molar-refractivity contribution < 1.29 is 14.1 Å². The average Bonchev–Trinajstić information content (AvgIpc) is 3.33. The number of nitrogens with one attached hydrogen (secondary N) is 1. The minimum atomic E-state index is -0.320. The quantitative estimate of drug-likeness (QED) is 0.684. The largest absolute Gasteiger partial charge is 0.358 e. The molecular formula is C24H22N4O3. The molecule has 0 radical (unpaired) electrons. The second kappa shape index (κ2) is 9.26. The van der Waals surface area contributed by atoms with Gasteiger partial charge in [0.25, 0.3) is 11.8 Å². The van der Waals surface area contributed by atoms with Crippen LogP contribution >= 0.6 is 0 Å². The van der Waals surface area contributed by atoms with Crippen molar-refractivity contribution in [1.82, 2.24) is 15.4 Å². The average molecular weight is 414 g/mol. The Hall–Kier alpha value is -3.92. The number of benzene rings is 2. The highest BCUT2D eigenvalue weighted by Gasteiger charge is 2.32. The van der Waals surface area contributed by atoms with E-state index in [1.165, 1.54) is 0 Å². The summed E-state index contributed by atoms with van der Waals surface area (Å²) in [5.41, 5.74) is 2.22. The van der Waals surface area contributed by atoms with Crippen LogP contribution in [0.15, 0.2) is 65.2 Å². The molecule has 0 bridgehead atoms. The maximum atomic E-state index is 13.1. The first-order valence-corrected chi connectivity index (χ1v) is 10.3. The number of aromatic nitrogens is 1. The third-order valence-electron chi connectivity index (χ3n) is 5.41. The van der Waals surface area contributed by atoms with Gasteiger partial charge in [0.05, 0.1) is 17.7 Å². The molecule has 3 aromatic rings. The smallest absolute Gasteiger partial charge is 0.273 e. The molecule has 1 atom stereocenters. The number of piperidine rings is 1. The number of carbonyl (C=O) groups is 2. The first-order chi connectivity index (χ1) is 15.2. The summed E-state index contributed by atoms with van der Waals surface area (Å²) in [5.74, 6) is 0.0619. The van der Waals surface area contributed by atoms with E-state index in [-0.39, 0.29) is 23.6 Å². The van der Waals surface area contributed by atoms with E-state index < -0.39 is 0 Å². The number of hydrogen-bond acceptors (Lipinski definition) is 5. The number of nitrogens with zero attached hydrogens (tertiary/aromatic N) is 3. The topological polar surface area (TPSA) is 99.2 Å². The molecule has 1 N–H and O–H groups in total. The minimum absolute atomic E-state index is 0.124. The lowest BCUT2D eigenvalue weighted by Gasteiger charge is -2.34. The van der Waals surface area contributed by atoms with Crippen LogP contribution in [0.4, 0.5) is 0 Å². The molecule has 2 amide bonds. The molecule has 7 heteroatoms. The third kappa shape index (κ3) is 4.64. The van der Waals surface area contributed by atoms with Gasteiger partial charge in [-0.1, -0.05) is 35.5 Å². The molecule has 0 spiro atoms. The zero-order valence-electron chi connectivity index (χ0n) is 17.0. The zero-order valence-corrected chi connectivity index (χ0v) is 17.0. The monoisotopic (exact) mass is 414 g/mol. The molecule has 7 nitrogen and oxygen atoms in total. The normalized spacial score (nSPS) is 15.8. The van der Waals surface area contributed by atoms with Gasteiger partial charge in [-0.05, 0) is 49.1 Å². The molecule has 0 saturated carbocycles. The van der Waals surface area contributed by atoms with Gasteiger partial charge in [-0.2, -0.15) is 5.26 Å². The molecular weight excluding hydrogens is 392 g/mol. The molecule has 1 unspecified atom stereocenters. The summed E-state index contributed by atoms with van der Waals surface area (Å²) in [6, 6.07) is 19.6. The van der Waals surface area contributed by atoms with E-state index in [0.29, 0.717) is 30.0 Å². The van der Waals surface area contributed by atoms with Crippen LogP contribution in [0.25, 0.3) is 0 Å². The molecule has 2 aromatic carbocycles. The van der Waals surface area contributed by atoms with Gasteiger partial charge in [-0.15, -0.1) is 0 Å². The number of amides is 2. The molecule has 0 aliphatic carbocycles. The van der Waals surface area contributed by atoms with Gasteiger partial charge in [0, 0.05) is 24.7 Å². The Labute approximate surface area is 180 Å². The molecule has 1 aliphatic heterocycles. The van der Waals surface area contributed by atoms with Gasteiger partial charge >= 0.3 is 0 Å². The Kier molecular flexibility index (Phi) is 6.08. The van der Waals surface area contributed by atoms with Crippen LogP contribution in [0.3, 0.4) is 0 Å². The lowest BCUT2D eigenvalue weighted by molar-refractivity contribution is 0.0569. The van der Waals surface area contributed by atoms with Crippen molar-refractivity contribution in [2.45, 2.75) is 31.8 Å². The van der Waals surface area contributed by atoms with Crippen molar-refractivity contribution in [3.8, 4) is 6.07 Å². The highest BCUT2D eigenvalue weighted by molar-refractivity contribution is 5.95. The number of rotatable bonds is 5. The van der Waals surface area contributed by atoms with Crippen molar-refractivity contribution in [2.24, 2.45) is 0 Å². The number of carbonyl (C=O) groups excluding carboxylic acids is 2. The summed E-state index contributed by atoms with van der Waals surface area (Å²) in [6.07, 6.45) is 2.59. The fourth-order valence-electron chi connectivity index (χ4n) is 3.75. The van der Waals surface area contributed by atoms with Gasteiger partial charge < -0.3 is 14.7 Å². The van der Waals surface area contributed by atoms with Crippen LogP contribution in [-0.4, -0.2) is 28.4 Å². The van der Waals surface area contributed by atoms with Gasteiger partial charge in [0.15, 0.2) is 11.5 Å². The zero-order chi connectivity index (χ0) is 21.6. The standard InChI is InChI=1S/C24H22N4O3/c25-15-17-9-11-19(12-10-17)24(30)28-13-5-4-8-21(28)22-14-20(27-31-22)23(29)26-16-18-6-2-1-3-7-18/h1-3,6-7,9-12,14,21H,4-5,8,13,16H2,(H,26,29). The van der Waals surface area contributed by atoms with Crippen LogP contribution in [0, 0.1) is 11.3 Å². The summed E-state index contributed by atoms with van der Waals surface area (Å²) in [6.45, 7) is 0.994. The van der Waals surface area contributed by atoms with E-state index in [1.807, 2.05) is 30.3 Å². The van der Waals surface area contributed by atoms with Gasteiger partial charge in [-0.25, -0.2) is 0 Å². The summed E-state index contributed by atoms with van der Waals surface area (Å²) in [7, 11) is 0. The Morgan fingerprint density at radius 2 is 1.90 bits per heavy atom. The van der Waals surface area contributed by atoms with Crippen LogP contribution in [0.5, 0.6) is 0 Å². The second-order valence-electron chi connectivity index (χ2n) is 7.48. The van der Waals surface area contributed by atoms with Crippen LogP contribution in [-0.2, 0) is 6.54 Å². The first kappa shape index (κ1) is 20.4. The summed E-state index contributed by atoms with van der Waals surface area (Å²) >= 11 is 0.